The van der Waals surface area contributed by atoms with Crippen molar-refractivity contribution in [3.8, 4) is 0 Å². The minimum absolute atomic E-state index is 0.269. The van der Waals surface area contributed by atoms with Crippen LogP contribution in [0.25, 0.3) is 0 Å². The Morgan fingerprint density at radius 3 is 2.68 bits per heavy atom. The van der Waals surface area contributed by atoms with Crippen LogP contribution >= 0.6 is 15.9 Å². The van der Waals surface area contributed by atoms with Crippen LogP contribution in [0.2, 0.25) is 0 Å². The van der Waals surface area contributed by atoms with Gasteiger partial charge in [0.05, 0.1) is 12.7 Å². The second-order valence-electron chi connectivity index (χ2n) is 6.02. The van der Waals surface area contributed by atoms with Crippen LogP contribution in [0.4, 0.5) is 21.8 Å². The molecule has 0 saturated heterocycles. The molecule has 0 aliphatic heterocycles. The lowest BCUT2D eigenvalue weighted by Crippen LogP contribution is -2.07. The van der Waals surface area contributed by atoms with Crippen LogP contribution in [0.15, 0.2) is 53.1 Å². The molecule has 0 radical (unpaired) electrons. The fraction of sp³-hybridized carbons (Fsp3) is 0.150. The molecule has 0 atom stereocenters. The van der Waals surface area contributed by atoms with E-state index in [1.165, 1.54) is 19.2 Å². The highest BCUT2D eigenvalue weighted by Crippen LogP contribution is 2.24. The number of anilines is 3. The maximum Gasteiger partial charge on any atom is 0.339 e. The largest absolute Gasteiger partial charge is 0.465 e. The van der Waals surface area contributed by atoms with E-state index >= 15 is 0 Å². The van der Waals surface area contributed by atoms with Crippen LogP contribution in [0, 0.1) is 12.7 Å². The third-order valence-corrected chi connectivity index (χ3v) is 4.66. The molecule has 0 spiro atoms. The van der Waals surface area contributed by atoms with Crippen molar-refractivity contribution in [2.24, 2.45) is 0 Å². The molecule has 8 heteroatoms. The number of halogens is 2. The molecule has 0 amide bonds. The van der Waals surface area contributed by atoms with Gasteiger partial charge in [0.2, 0.25) is 5.95 Å². The normalized spacial score (nSPS) is 10.4. The van der Waals surface area contributed by atoms with Crippen molar-refractivity contribution in [3.63, 3.8) is 0 Å². The van der Waals surface area contributed by atoms with Gasteiger partial charge in [0.1, 0.15) is 11.6 Å². The SMILES string of the molecule is COC(=O)c1cc(Nc2ncc(C)c(NCc3ccc(F)cc3)n2)ccc1Br. The number of esters is 1. The van der Waals surface area contributed by atoms with Crippen molar-refractivity contribution < 1.29 is 13.9 Å². The highest BCUT2D eigenvalue weighted by molar-refractivity contribution is 9.10. The van der Waals surface area contributed by atoms with Crippen LogP contribution in [-0.2, 0) is 11.3 Å². The van der Waals surface area contributed by atoms with Gasteiger partial charge in [0, 0.05) is 28.5 Å². The Balaban J connectivity index is 1.76. The Bertz CT molecular complexity index is 996. The second kappa shape index (κ2) is 8.79. The number of nitrogens with zero attached hydrogens (tertiary/aromatic N) is 2. The van der Waals surface area contributed by atoms with Gasteiger partial charge in [-0.25, -0.2) is 14.2 Å². The predicted octanol–water partition coefficient (Wildman–Crippen LogP) is 4.83. The lowest BCUT2D eigenvalue weighted by molar-refractivity contribution is 0.0599. The molecule has 3 rings (SSSR count). The van der Waals surface area contributed by atoms with Crippen molar-refractivity contribution in [1.29, 1.82) is 0 Å². The summed E-state index contributed by atoms with van der Waals surface area (Å²) in [5, 5.41) is 6.31. The van der Waals surface area contributed by atoms with Gasteiger partial charge in [-0.2, -0.15) is 4.98 Å². The Labute approximate surface area is 170 Å². The molecule has 0 unspecified atom stereocenters. The number of nitrogens with one attached hydrogen (secondary N) is 2. The Hall–Kier alpha value is -3.00. The lowest BCUT2D eigenvalue weighted by Gasteiger charge is -2.12. The van der Waals surface area contributed by atoms with Gasteiger partial charge in [-0.1, -0.05) is 12.1 Å². The van der Waals surface area contributed by atoms with Crippen molar-refractivity contribution in [3.05, 3.63) is 75.6 Å². The van der Waals surface area contributed by atoms with E-state index < -0.39 is 5.97 Å². The molecule has 28 heavy (non-hydrogen) atoms. The number of rotatable bonds is 6. The first-order valence-electron chi connectivity index (χ1n) is 8.43. The summed E-state index contributed by atoms with van der Waals surface area (Å²) in [4.78, 5) is 20.6. The zero-order chi connectivity index (χ0) is 20.1. The predicted molar refractivity (Wildman–Crippen MR) is 109 cm³/mol. The van der Waals surface area contributed by atoms with E-state index in [1.54, 1.807) is 36.5 Å². The number of hydrogen-bond donors (Lipinski definition) is 2. The number of hydrogen-bond acceptors (Lipinski definition) is 6. The quantitative estimate of drug-likeness (QED) is 0.530. The van der Waals surface area contributed by atoms with E-state index in [9.17, 15) is 9.18 Å². The number of ether oxygens (including phenoxy) is 1. The molecule has 144 valence electrons. The Morgan fingerprint density at radius 2 is 1.96 bits per heavy atom. The van der Waals surface area contributed by atoms with Crippen molar-refractivity contribution in [2.75, 3.05) is 17.7 Å². The van der Waals surface area contributed by atoms with Gasteiger partial charge in [-0.3, -0.25) is 0 Å². The molecule has 1 aromatic heterocycles. The van der Waals surface area contributed by atoms with Gasteiger partial charge < -0.3 is 15.4 Å². The zero-order valence-corrected chi connectivity index (χ0v) is 16.9. The lowest BCUT2D eigenvalue weighted by atomic mass is 10.2. The van der Waals surface area contributed by atoms with E-state index in [4.69, 9.17) is 4.74 Å². The van der Waals surface area contributed by atoms with E-state index in [2.05, 4.69) is 36.5 Å². The Kier molecular flexibility index (Phi) is 6.20. The smallest absolute Gasteiger partial charge is 0.339 e. The van der Waals surface area contributed by atoms with Crippen LogP contribution in [-0.4, -0.2) is 23.0 Å². The molecule has 0 aliphatic carbocycles. The number of methoxy groups -OCH3 is 1. The Morgan fingerprint density at radius 1 is 1.21 bits per heavy atom. The third kappa shape index (κ3) is 4.83. The standard InChI is InChI=1S/C20H18BrFN4O2/c1-12-10-24-20(25-15-7-8-17(21)16(9-15)19(27)28-2)26-18(12)23-11-13-3-5-14(22)6-4-13/h3-10H,11H2,1-2H3,(H2,23,24,25,26). The molecule has 6 nitrogen and oxygen atoms in total. The van der Waals surface area contributed by atoms with Gasteiger partial charge in [-0.15, -0.1) is 0 Å². The third-order valence-electron chi connectivity index (χ3n) is 3.97. The van der Waals surface area contributed by atoms with E-state index in [-0.39, 0.29) is 5.82 Å². The molecule has 1 heterocycles. The van der Waals surface area contributed by atoms with Crippen molar-refractivity contribution in [1.82, 2.24) is 9.97 Å². The summed E-state index contributed by atoms with van der Waals surface area (Å²) in [6, 6.07) is 11.5. The number of aromatic nitrogens is 2. The molecule has 3 aromatic rings. The van der Waals surface area contributed by atoms with Gasteiger partial charge >= 0.3 is 5.97 Å². The number of aryl methyl sites for hydroxylation is 1. The average Bonchev–Trinajstić information content (AvgIpc) is 2.70. The fourth-order valence-electron chi connectivity index (χ4n) is 2.47. The molecule has 0 fully saturated rings. The molecule has 2 aromatic carbocycles. The van der Waals surface area contributed by atoms with Crippen LogP contribution < -0.4 is 10.6 Å². The number of benzene rings is 2. The van der Waals surface area contributed by atoms with Crippen molar-refractivity contribution >= 4 is 39.4 Å². The van der Waals surface area contributed by atoms with Gasteiger partial charge in [-0.05, 0) is 58.7 Å². The van der Waals surface area contributed by atoms with E-state index in [0.29, 0.717) is 34.0 Å². The van der Waals surface area contributed by atoms with E-state index in [1.807, 2.05) is 6.92 Å². The summed E-state index contributed by atoms with van der Waals surface area (Å²) in [6.07, 6.45) is 1.70. The fourth-order valence-corrected chi connectivity index (χ4v) is 2.88. The number of carbonyl (C=O) groups excluding carboxylic acids is 1. The second-order valence-corrected chi connectivity index (χ2v) is 6.87. The molecule has 0 saturated carbocycles. The highest BCUT2D eigenvalue weighted by Gasteiger charge is 2.12. The first-order chi connectivity index (χ1) is 13.5. The van der Waals surface area contributed by atoms with Crippen LogP contribution in [0.1, 0.15) is 21.5 Å². The van der Waals surface area contributed by atoms with Crippen molar-refractivity contribution in [2.45, 2.75) is 13.5 Å². The van der Waals surface area contributed by atoms with Gasteiger partial charge in [0.15, 0.2) is 0 Å². The summed E-state index contributed by atoms with van der Waals surface area (Å²) in [7, 11) is 1.33. The summed E-state index contributed by atoms with van der Waals surface area (Å²) >= 11 is 3.33. The zero-order valence-electron chi connectivity index (χ0n) is 15.3. The molecule has 2 N–H and O–H groups in total. The molecular formula is C20H18BrFN4O2. The molecule has 0 bridgehead atoms. The van der Waals surface area contributed by atoms with E-state index in [0.717, 1.165) is 11.1 Å². The van der Waals surface area contributed by atoms with Crippen LogP contribution in [0.5, 0.6) is 0 Å². The summed E-state index contributed by atoms with van der Waals surface area (Å²) < 4.78 is 18.4. The maximum atomic E-state index is 13.0. The minimum atomic E-state index is -0.443. The summed E-state index contributed by atoms with van der Waals surface area (Å²) in [6.45, 7) is 2.40. The highest BCUT2D eigenvalue weighted by atomic mass is 79.9. The average molecular weight is 445 g/mol. The minimum Gasteiger partial charge on any atom is -0.465 e. The first kappa shape index (κ1) is 19.8. The van der Waals surface area contributed by atoms with Gasteiger partial charge in [0.25, 0.3) is 0 Å². The molecular weight excluding hydrogens is 427 g/mol. The van der Waals surface area contributed by atoms with Crippen LogP contribution in [0.3, 0.4) is 0 Å². The first-order valence-corrected chi connectivity index (χ1v) is 9.22. The maximum absolute atomic E-state index is 13.0. The molecule has 0 aliphatic rings. The summed E-state index contributed by atoms with van der Waals surface area (Å²) in [5.74, 6) is 0.328. The monoisotopic (exact) mass is 444 g/mol. The summed E-state index contributed by atoms with van der Waals surface area (Å²) in [5.41, 5.74) is 2.86. The number of carbonyl (C=O) groups is 1. The topological polar surface area (TPSA) is 76.1 Å².